The van der Waals surface area contributed by atoms with Crippen molar-refractivity contribution < 1.29 is 56.5 Å². The molecule has 0 saturated heterocycles. The summed E-state index contributed by atoms with van der Waals surface area (Å²) < 4.78 is 0. The number of hydrogen-bond acceptors (Lipinski definition) is 4. The predicted molar refractivity (Wildman–Crippen MR) is 124 cm³/mol. The van der Waals surface area contributed by atoms with Gasteiger partial charge in [0.15, 0.2) is 0 Å². The first-order chi connectivity index (χ1) is 14.5. The molecule has 8 heteroatoms. The minimum atomic E-state index is -1.19. The standard InChI is InChI=1S/C18H36O2.C4H6O2.C2H4O3.Ti/c1-17(2)15-13-11-9-7-5-3-4-6-8-10-12-14-16-18(19)20;1-3(2)4(5)6;3-1-2(4)5;/h17H,3-16H2,1-2H3,(H,19,20);1H2,2H3,(H,5,6);3H,1H2,(H,4,5);. The van der Waals surface area contributed by atoms with Crippen LogP contribution in [0.4, 0.5) is 0 Å². The van der Waals surface area contributed by atoms with Gasteiger partial charge in [0.1, 0.15) is 6.61 Å². The van der Waals surface area contributed by atoms with Crippen LogP contribution in [0.5, 0.6) is 0 Å². The second kappa shape index (κ2) is 29.8. The van der Waals surface area contributed by atoms with Crippen molar-refractivity contribution in [2.24, 2.45) is 5.92 Å². The number of aliphatic carboxylic acids is 3. The number of carboxylic acids is 3. The number of aliphatic hydroxyl groups is 1. The van der Waals surface area contributed by atoms with Crippen LogP contribution in [0.2, 0.25) is 0 Å². The summed E-state index contributed by atoms with van der Waals surface area (Å²) in [5, 5.41) is 31.4. The van der Waals surface area contributed by atoms with Gasteiger partial charge < -0.3 is 20.4 Å². The van der Waals surface area contributed by atoms with Gasteiger partial charge in [-0.3, -0.25) is 4.79 Å². The topological polar surface area (TPSA) is 132 Å². The van der Waals surface area contributed by atoms with Crippen molar-refractivity contribution in [3.63, 3.8) is 0 Å². The smallest absolute Gasteiger partial charge is 0.330 e. The quantitative estimate of drug-likeness (QED) is 0.112. The Morgan fingerprint density at radius 3 is 1.19 bits per heavy atom. The van der Waals surface area contributed by atoms with Gasteiger partial charge in [-0.25, -0.2) is 9.59 Å². The molecule has 188 valence electrons. The van der Waals surface area contributed by atoms with Crippen LogP contribution in [0.25, 0.3) is 0 Å². The minimum absolute atomic E-state index is 0. The third-order valence-corrected chi connectivity index (χ3v) is 4.42. The zero-order valence-electron chi connectivity index (χ0n) is 20.4. The maximum absolute atomic E-state index is 10.3. The van der Waals surface area contributed by atoms with Crippen molar-refractivity contribution in [3.8, 4) is 0 Å². The molecule has 0 aliphatic carbocycles. The summed E-state index contributed by atoms with van der Waals surface area (Å²) in [6, 6.07) is 0. The zero-order valence-corrected chi connectivity index (χ0v) is 22.0. The number of rotatable bonds is 17. The van der Waals surface area contributed by atoms with E-state index in [1.807, 2.05) is 0 Å². The van der Waals surface area contributed by atoms with Crippen molar-refractivity contribution in [1.29, 1.82) is 0 Å². The van der Waals surface area contributed by atoms with Crippen LogP contribution >= 0.6 is 0 Å². The fraction of sp³-hybridized carbons (Fsp3) is 0.792. The summed E-state index contributed by atoms with van der Waals surface area (Å²) in [5.74, 6) is -1.91. The number of carboxylic acid groups (broad SMARTS) is 3. The van der Waals surface area contributed by atoms with Crippen LogP contribution in [-0.2, 0) is 36.1 Å². The Balaban J connectivity index is -0.000000269. The Bertz CT molecular complexity index is 453. The summed E-state index contributed by atoms with van der Waals surface area (Å²) in [7, 11) is 0. The molecule has 0 aromatic rings. The summed E-state index contributed by atoms with van der Waals surface area (Å²) in [6.45, 7) is 8.44. The van der Waals surface area contributed by atoms with E-state index in [4.69, 9.17) is 25.2 Å². The van der Waals surface area contributed by atoms with Gasteiger partial charge in [-0.1, -0.05) is 97.5 Å². The average Bonchev–Trinajstić information content (AvgIpc) is 2.68. The maximum Gasteiger partial charge on any atom is 0.330 e. The van der Waals surface area contributed by atoms with Gasteiger partial charge >= 0.3 is 17.9 Å². The number of hydrogen-bond donors (Lipinski definition) is 4. The van der Waals surface area contributed by atoms with E-state index >= 15 is 0 Å². The first kappa shape index (κ1) is 38.1. The Labute approximate surface area is 209 Å². The van der Waals surface area contributed by atoms with Crippen molar-refractivity contribution in [2.45, 2.75) is 111 Å². The summed E-state index contributed by atoms with van der Waals surface area (Å²) >= 11 is 0. The molecule has 0 radical (unpaired) electrons. The molecular formula is C24H46O7Ti. The normalized spacial score (nSPS) is 9.53. The van der Waals surface area contributed by atoms with Crippen LogP contribution in [0, 0.1) is 5.92 Å². The number of aliphatic hydroxyl groups excluding tert-OH is 1. The van der Waals surface area contributed by atoms with Crippen LogP contribution in [-0.4, -0.2) is 44.9 Å². The molecule has 0 aromatic heterocycles. The molecule has 0 spiro atoms. The van der Waals surface area contributed by atoms with Gasteiger partial charge in [-0.05, 0) is 19.3 Å². The fourth-order valence-electron chi connectivity index (χ4n) is 2.60. The van der Waals surface area contributed by atoms with Crippen molar-refractivity contribution in [3.05, 3.63) is 12.2 Å². The first-order valence-electron chi connectivity index (χ1n) is 11.5. The third-order valence-electron chi connectivity index (χ3n) is 4.42. The molecule has 0 bridgehead atoms. The molecule has 7 nitrogen and oxygen atoms in total. The Morgan fingerprint density at radius 2 is 0.969 bits per heavy atom. The molecule has 0 heterocycles. The van der Waals surface area contributed by atoms with E-state index < -0.39 is 24.5 Å². The summed E-state index contributed by atoms with van der Waals surface area (Å²) in [5.41, 5.74) is 0.176. The van der Waals surface area contributed by atoms with E-state index in [0.717, 1.165) is 18.8 Å². The zero-order chi connectivity index (χ0) is 24.5. The van der Waals surface area contributed by atoms with Gasteiger partial charge in [0.25, 0.3) is 0 Å². The van der Waals surface area contributed by atoms with Crippen LogP contribution < -0.4 is 0 Å². The van der Waals surface area contributed by atoms with Gasteiger partial charge in [-0.15, -0.1) is 0 Å². The Kier molecular flexibility index (Phi) is 35.5. The van der Waals surface area contributed by atoms with E-state index in [9.17, 15) is 9.59 Å². The van der Waals surface area contributed by atoms with Gasteiger partial charge in [0.2, 0.25) is 0 Å². The molecule has 0 atom stereocenters. The molecular weight excluding hydrogens is 448 g/mol. The Hall–Kier alpha value is -1.18. The van der Waals surface area contributed by atoms with Gasteiger partial charge in [-0.2, -0.15) is 0 Å². The first-order valence-corrected chi connectivity index (χ1v) is 11.5. The van der Waals surface area contributed by atoms with E-state index in [-0.39, 0.29) is 27.3 Å². The van der Waals surface area contributed by atoms with E-state index in [1.54, 1.807) is 0 Å². The monoisotopic (exact) mass is 494 g/mol. The molecule has 0 saturated carbocycles. The van der Waals surface area contributed by atoms with E-state index in [0.29, 0.717) is 6.42 Å². The van der Waals surface area contributed by atoms with Crippen molar-refractivity contribution >= 4 is 17.9 Å². The second-order valence-electron chi connectivity index (χ2n) is 8.21. The van der Waals surface area contributed by atoms with E-state index in [1.165, 1.54) is 77.6 Å². The van der Waals surface area contributed by atoms with Crippen LogP contribution in [0.3, 0.4) is 0 Å². The molecule has 0 rings (SSSR count). The molecule has 0 amide bonds. The molecule has 32 heavy (non-hydrogen) atoms. The molecule has 0 unspecified atom stereocenters. The third kappa shape index (κ3) is 46.9. The number of carbonyl (C=O) groups is 3. The predicted octanol–water partition coefficient (Wildman–Crippen LogP) is 5.90. The Morgan fingerprint density at radius 1 is 0.688 bits per heavy atom. The number of unbranched alkanes of at least 4 members (excludes halogenated alkanes) is 11. The van der Waals surface area contributed by atoms with Crippen LogP contribution in [0.1, 0.15) is 111 Å². The molecule has 0 aromatic carbocycles. The molecule has 0 fully saturated rings. The van der Waals surface area contributed by atoms with Crippen LogP contribution in [0.15, 0.2) is 12.2 Å². The largest absolute Gasteiger partial charge is 0.481 e. The van der Waals surface area contributed by atoms with Crippen molar-refractivity contribution in [2.75, 3.05) is 6.61 Å². The molecule has 0 aliphatic rings. The van der Waals surface area contributed by atoms with Crippen molar-refractivity contribution in [1.82, 2.24) is 0 Å². The maximum atomic E-state index is 10.3. The summed E-state index contributed by atoms with van der Waals surface area (Å²) in [6.07, 6.45) is 17.3. The summed E-state index contributed by atoms with van der Waals surface area (Å²) in [4.78, 5) is 29.1. The average molecular weight is 494 g/mol. The molecule has 4 N–H and O–H groups in total. The van der Waals surface area contributed by atoms with Gasteiger partial charge in [0.05, 0.1) is 0 Å². The van der Waals surface area contributed by atoms with Gasteiger partial charge in [0, 0.05) is 33.7 Å². The molecule has 0 aliphatic heterocycles. The second-order valence-corrected chi connectivity index (χ2v) is 8.21. The fourth-order valence-corrected chi connectivity index (χ4v) is 2.60. The SMILES string of the molecule is C=C(C)C(=O)O.CC(C)CCCCCCCCCCCCCCC(=O)O.O=C(O)CO.[Ti]. The van der Waals surface area contributed by atoms with E-state index in [2.05, 4.69) is 20.4 Å². The minimum Gasteiger partial charge on any atom is -0.481 e.